The number of benzene rings is 1. The van der Waals surface area contributed by atoms with Crippen LogP contribution < -0.4 is 11.1 Å². The van der Waals surface area contributed by atoms with Crippen molar-refractivity contribution in [2.24, 2.45) is 5.73 Å². The van der Waals surface area contributed by atoms with E-state index in [1.807, 2.05) is 6.07 Å². The summed E-state index contributed by atoms with van der Waals surface area (Å²) < 4.78 is 5.96. The molecule has 4 nitrogen and oxygen atoms in total. The molecule has 1 unspecified atom stereocenters. The molecule has 1 aromatic heterocycles. The summed E-state index contributed by atoms with van der Waals surface area (Å²) in [5.41, 5.74) is 4.92. The van der Waals surface area contributed by atoms with Crippen LogP contribution in [-0.4, -0.2) is 5.91 Å². The molecule has 3 N–H and O–H groups in total. The maximum atomic E-state index is 11.8. The highest BCUT2D eigenvalue weighted by Crippen LogP contribution is 2.32. The van der Waals surface area contributed by atoms with Gasteiger partial charge in [0.05, 0.1) is 10.7 Å². The van der Waals surface area contributed by atoms with Crippen LogP contribution in [0.25, 0.3) is 0 Å². The monoisotopic (exact) mass is 342 g/mol. The Hall–Kier alpha value is -1.46. The van der Waals surface area contributed by atoms with Crippen molar-refractivity contribution in [1.82, 2.24) is 0 Å². The van der Waals surface area contributed by atoms with Crippen molar-refractivity contribution < 1.29 is 9.21 Å². The Labute approximate surface area is 124 Å². The van der Waals surface area contributed by atoms with Crippen LogP contribution in [0.5, 0.6) is 0 Å². The van der Waals surface area contributed by atoms with E-state index in [1.165, 1.54) is 0 Å². The summed E-state index contributed by atoms with van der Waals surface area (Å²) in [4.78, 5) is 11.8. The van der Waals surface area contributed by atoms with Crippen LogP contribution >= 0.6 is 27.5 Å². The zero-order valence-corrected chi connectivity index (χ0v) is 12.5. The SMILES string of the molecule is CC(Nc1ccccc1Cl)(C(N)=O)c1ccc(Br)o1. The Morgan fingerprint density at radius 2 is 2.05 bits per heavy atom. The molecule has 2 rings (SSSR count). The van der Waals surface area contributed by atoms with E-state index in [4.69, 9.17) is 21.8 Å². The Bertz CT molecular complexity index is 614. The third kappa shape index (κ3) is 2.77. The summed E-state index contributed by atoms with van der Waals surface area (Å²) in [7, 11) is 0. The molecule has 0 radical (unpaired) electrons. The lowest BCUT2D eigenvalue weighted by molar-refractivity contribution is -0.122. The molecule has 100 valence electrons. The van der Waals surface area contributed by atoms with Gasteiger partial charge in [0.2, 0.25) is 0 Å². The maximum Gasteiger partial charge on any atom is 0.250 e. The van der Waals surface area contributed by atoms with E-state index in [0.717, 1.165) is 0 Å². The summed E-state index contributed by atoms with van der Waals surface area (Å²) in [6.45, 7) is 1.64. The minimum absolute atomic E-state index is 0.409. The summed E-state index contributed by atoms with van der Waals surface area (Å²) in [5, 5.41) is 3.53. The molecule has 0 aliphatic rings. The Balaban J connectivity index is 2.41. The van der Waals surface area contributed by atoms with E-state index in [2.05, 4.69) is 21.2 Å². The predicted octanol–water partition coefficient (Wildman–Crippen LogP) is 3.51. The van der Waals surface area contributed by atoms with Crippen molar-refractivity contribution >= 4 is 39.1 Å². The Kier molecular flexibility index (Phi) is 3.87. The predicted molar refractivity (Wildman–Crippen MR) is 78.0 cm³/mol. The highest BCUT2D eigenvalue weighted by atomic mass is 79.9. The van der Waals surface area contributed by atoms with E-state index in [0.29, 0.717) is 21.1 Å². The molecule has 0 aliphatic heterocycles. The maximum absolute atomic E-state index is 11.8. The molecule has 1 amide bonds. The molecule has 2 aromatic rings. The number of carbonyl (C=O) groups is 1. The second-order valence-electron chi connectivity index (χ2n) is 4.20. The normalized spacial score (nSPS) is 13.8. The van der Waals surface area contributed by atoms with Crippen LogP contribution in [0.3, 0.4) is 0 Å². The topological polar surface area (TPSA) is 68.3 Å². The highest BCUT2D eigenvalue weighted by molar-refractivity contribution is 9.10. The summed E-state index contributed by atoms with van der Waals surface area (Å²) in [6.07, 6.45) is 0. The van der Waals surface area contributed by atoms with E-state index in [9.17, 15) is 4.79 Å². The summed E-state index contributed by atoms with van der Waals surface area (Å²) in [5.74, 6) is -0.152. The number of carbonyl (C=O) groups excluding carboxylic acids is 1. The van der Waals surface area contributed by atoms with E-state index < -0.39 is 11.4 Å². The first-order valence-electron chi connectivity index (χ1n) is 5.52. The van der Waals surface area contributed by atoms with E-state index in [-0.39, 0.29) is 0 Å². The van der Waals surface area contributed by atoms with Gasteiger partial charge in [0, 0.05) is 0 Å². The molecular weight excluding hydrogens is 332 g/mol. The second kappa shape index (κ2) is 5.27. The number of furan rings is 1. The second-order valence-corrected chi connectivity index (χ2v) is 5.39. The van der Waals surface area contributed by atoms with Gasteiger partial charge in [-0.3, -0.25) is 4.79 Å². The van der Waals surface area contributed by atoms with Gasteiger partial charge in [-0.2, -0.15) is 0 Å². The van der Waals surface area contributed by atoms with Gasteiger partial charge >= 0.3 is 0 Å². The quantitative estimate of drug-likeness (QED) is 0.892. The van der Waals surface area contributed by atoms with Crippen molar-refractivity contribution in [3.05, 3.63) is 51.9 Å². The fourth-order valence-corrected chi connectivity index (χ4v) is 2.15. The lowest BCUT2D eigenvalue weighted by Crippen LogP contribution is -2.45. The molecule has 0 fully saturated rings. The number of halogens is 2. The number of nitrogens with one attached hydrogen (secondary N) is 1. The van der Waals surface area contributed by atoms with Crippen LogP contribution in [-0.2, 0) is 10.3 Å². The zero-order valence-electron chi connectivity index (χ0n) is 10.1. The fraction of sp³-hybridized carbons (Fsp3) is 0.154. The van der Waals surface area contributed by atoms with Crippen molar-refractivity contribution in [2.45, 2.75) is 12.5 Å². The van der Waals surface area contributed by atoms with Crippen LogP contribution in [0.1, 0.15) is 12.7 Å². The lowest BCUT2D eigenvalue weighted by atomic mass is 9.97. The van der Waals surface area contributed by atoms with E-state index >= 15 is 0 Å². The molecule has 0 bridgehead atoms. The number of rotatable bonds is 4. The molecule has 1 aromatic carbocycles. The fourth-order valence-electron chi connectivity index (χ4n) is 1.66. The van der Waals surface area contributed by atoms with Gasteiger partial charge < -0.3 is 15.5 Å². The number of hydrogen-bond acceptors (Lipinski definition) is 3. The molecule has 0 saturated heterocycles. The molecule has 19 heavy (non-hydrogen) atoms. The van der Waals surface area contributed by atoms with Crippen molar-refractivity contribution in [2.75, 3.05) is 5.32 Å². The Morgan fingerprint density at radius 1 is 1.37 bits per heavy atom. The molecule has 0 spiro atoms. The molecule has 1 atom stereocenters. The lowest BCUT2D eigenvalue weighted by Gasteiger charge is -2.26. The van der Waals surface area contributed by atoms with Crippen LogP contribution in [0, 0.1) is 0 Å². The van der Waals surface area contributed by atoms with Crippen LogP contribution in [0.15, 0.2) is 45.5 Å². The Morgan fingerprint density at radius 3 is 2.58 bits per heavy atom. The van der Waals surface area contributed by atoms with Gasteiger partial charge in [-0.05, 0) is 47.1 Å². The number of amides is 1. The number of hydrogen-bond donors (Lipinski definition) is 2. The number of nitrogens with two attached hydrogens (primary N) is 1. The minimum Gasteiger partial charge on any atom is -0.451 e. The highest BCUT2D eigenvalue weighted by Gasteiger charge is 2.37. The average Bonchev–Trinajstić information content (AvgIpc) is 2.79. The number of para-hydroxylation sites is 1. The first kappa shape index (κ1) is 14.0. The molecule has 0 saturated carbocycles. The van der Waals surface area contributed by atoms with Gasteiger partial charge in [-0.15, -0.1) is 0 Å². The van der Waals surface area contributed by atoms with Crippen molar-refractivity contribution in [3.8, 4) is 0 Å². The number of primary amides is 1. The first-order valence-corrected chi connectivity index (χ1v) is 6.69. The number of anilines is 1. The minimum atomic E-state index is -1.18. The molecule has 6 heteroatoms. The third-order valence-electron chi connectivity index (χ3n) is 2.82. The largest absolute Gasteiger partial charge is 0.451 e. The van der Waals surface area contributed by atoms with Crippen molar-refractivity contribution in [1.29, 1.82) is 0 Å². The molecule has 0 aliphatic carbocycles. The average molecular weight is 344 g/mol. The molecular formula is C13H12BrClN2O2. The van der Waals surface area contributed by atoms with E-state index in [1.54, 1.807) is 37.3 Å². The smallest absolute Gasteiger partial charge is 0.250 e. The van der Waals surface area contributed by atoms with Gasteiger partial charge in [0.15, 0.2) is 10.2 Å². The van der Waals surface area contributed by atoms with Crippen LogP contribution in [0.2, 0.25) is 5.02 Å². The first-order chi connectivity index (χ1) is 8.93. The van der Waals surface area contributed by atoms with Gasteiger partial charge in [-0.25, -0.2) is 0 Å². The third-order valence-corrected chi connectivity index (χ3v) is 3.57. The van der Waals surface area contributed by atoms with Gasteiger partial charge in [0.1, 0.15) is 5.76 Å². The van der Waals surface area contributed by atoms with Crippen LogP contribution in [0.4, 0.5) is 5.69 Å². The van der Waals surface area contributed by atoms with Gasteiger partial charge in [0.25, 0.3) is 5.91 Å². The summed E-state index contributed by atoms with van der Waals surface area (Å²) in [6, 6.07) is 10.5. The summed E-state index contributed by atoms with van der Waals surface area (Å²) >= 11 is 9.27. The standard InChI is InChI=1S/C13H12BrClN2O2/c1-13(12(16)18,10-6-7-11(14)19-10)17-9-5-3-2-4-8(9)15/h2-7,17H,1H3,(H2,16,18). The van der Waals surface area contributed by atoms with Crippen molar-refractivity contribution in [3.63, 3.8) is 0 Å². The zero-order chi connectivity index (χ0) is 14.0. The van der Waals surface area contributed by atoms with Gasteiger partial charge in [-0.1, -0.05) is 23.7 Å². The molecule has 1 heterocycles.